The van der Waals surface area contributed by atoms with E-state index in [2.05, 4.69) is 16.3 Å². The first kappa shape index (κ1) is 20.2. The Labute approximate surface area is 170 Å². The predicted octanol–water partition coefficient (Wildman–Crippen LogP) is 3.89. The van der Waals surface area contributed by atoms with Gasteiger partial charge in [-0.25, -0.2) is 0 Å². The van der Waals surface area contributed by atoms with E-state index < -0.39 is 0 Å². The second kappa shape index (κ2) is 9.62. The van der Waals surface area contributed by atoms with Crippen LogP contribution in [-0.4, -0.2) is 38.1 Å². The zero-order valence-electron chi connectivity index (χ0n) is 16.2. The standard InChI is InChI=1S/C22H25ClN2O3/c1-25(2)15-18-7-4-3-6-17(18)14-24-21(26)9-8-16-12-19(23)22-20(13-16)27-10-5-11-28-22/h3-4,6-9,12-13H,5,10-11,14-15H2,1-2H3,(H,24,26)/b9-8+. The number of carbonyl (C=O) groups excluding carboxylic acids is 1. The monoisotopic (exact) mass is 400 g/mol. The largest absolute Gasteiger partial charge is 0.489 e. The number of ether oxygens (including phenoxy) is 2. The molecule has 0 spiro atoms. The Kier molecular flexibility index (Phi) is 6.95. The summed E-state index contributed by atoms with van der Waals surface area (Å²) >= 11 is 6.29. The van der Waals surface area contributed by atoms with Crippen LogP contribution in [0.2, 0.25) is 5.02 Å². The van der Waals surface area contributed by atoms with Gasteiger partial charge in [0.1, 0.15) is 0 Å². The van der Waals surface area contributed by atoms with Crippen molar-refractivity contribution in [1.29, 1.82) is 0 Å². The van der Waals surface area contributed by atoms with E-state index in [1.165, 1.54) is 11.6 Å². The molecule has 0 aliphatic carbocycles. The zero-order chi connectivity index (χ0) is 19.9. The molecule has 6 heteroatoms. The van der Waals surface area contributed by atoms with Crippen LogP contribution < -0.4 is 14.8 Å². The van der Waals surface area contributed by atoms with Crippen molar-refractivity contribution in [2.45, 2.75) is 19.5 Å². The number of rotatable bonds is 6. The van der Waals surface area contributed by atoms with Crippen molar-refractivity contribution in [3.63, 3.8) is 0 Å². The maximum Gasteiger partial charge on any atom is 0.244 e. The molecule has 148 valence electrons. The number of amides is 1. The summed E-state index contributed by atoms with van der Waals surface area (Å²) in [5.41, 5.74) is 3.10. The van der Waals surface area contributed by atoms with Gasteiger partial charge < -0.3 is 19.7 Å². The molecule has 3 rings (SSSR count). The van der Waals surface area contributed by atoms with Gasteiger partial charge in [0.05, 0.1) is 18.2 Å². The van der Waals surface area contributed by atoms with Gasteiger partial charge in [0.15, 0.2) is 11.5 Å². The van der Waals surface area contributed by atoms with Crippen LogP contribution in [0.3, 0.4) is 0 Å². The Bertz CT molecular complexity index is 865. The van der Waals surface area contributed by atoms with Crippen molar-refractivity contribution in [3.05, 3.63) is 64.2 Å². The summed E-state index contributed by atoms with van der Waals surface area (Å²) in [4.78, 5) is 14.4. The molecule has 0 saturated carbocycles. The molecule has 0 bridgehead atoms. The minimum Gasteiger partial charge on any atom is -0.489 e. The van der Waals surface area contributed by atoms with Gasteiger partial charge in [0, 0.05) is 25.6 Å². The van der Waals surface area contributed by atoms with Crippen molar-refractivity contribution >= 4 is 23.6 Å². The average molecular weight is 401 g/mol. The molecular weight excluding hydrogens is 376 g/mol. The van der Waals surface area contributed by atoms with Crippen LogP contribution in [0.15, 0.2) is 42.5 Å². The number of nitrogens with zero attached hydrogens (tertiary/aromatic N) is 1. The summed E-state index contributed by atoms with van der Waals surface area (Å²) < 4.78 is 11.3. The van der Waals surface area contributed by atoms with Gasteiger partial charge in [-0.05, 0) is 49.0 Å². The van der Waals surface area contributed by atoms with Crippen LogP contribution in [0.5, 0.6) is 11.5 Å². The second-order valence-corrected chi connectivity index (χ2v) is 7.35. The molecule has 5 nitrogen and oxygen atoms in total. The Hall–Kier alpha value is -2.50. The highest BCUT2D eigenvalue weighted by molar-refractivity contribution is 6.32. The van der Waals surface area contributed by atoms with Crippen molar-refractivity contribution in [2.24, 2.45) is 0 Å². The molecule has 2 aromatic rings. The molecule has 0 unspecified atom stereocenters. The molecule has 1 N–H and O–H groups in total. The van der Waals surface area contributed by atoms with Crippen LogP contribution >= 0.6 is 11.6 Å². The zero-order valence-corrected chi connectivity index (χ0v) is 17.0. The smallest absolute Gasteiger partial charge is 0.244 e. The summed E-state index contributed by atoms with van der Waals surface area (Å²) in [6.45, 7) is 2.48. The number of hydrogen-bond acceptors (Lipinski definition) is 4. The van der Waals surface area contributed by atoms with E-state index in [1.54, 1.807) is 12.1 Å². The fourth-order valence-corrected chi connectivity index (χ4v) is 3.26. The Morgan fingerprint density at radius 2 is 1.93 bits per heavy atom. The molecule has 0 saturated heterocycles. The molecular formula is C22H25ClN2O3. The van der Waals surface area contributed by atoms with Crippen molar-refractivity contribution in [3.8, 4) is 11.5 Å². The summed E-state index contributed by atoms with van der Waals surface area (Å²) in [7, 11) is 4.05. The highest BCUT2D eigenvalue weighted by Crippen LogP contribution is 2.38. The van der Waals surface area contributed by atoms with E-state index in [0.717, 1.165) is 24.1 Å². The summed E-state index contributed by atoms with van der Waals surface area (Å²) in [5, 5.41) is 3.42. The minimum absolute atomic E-state index is 0.164. The highest BCUT2D eigenvalue weighted by atomic mass is 35.5. The third-order valence-corrected chi connectivity index (χ3v) is 4.59. The van der Waals surface area contributed by atoms with E-state index in [0.29, 0.717) is 36.3 Å². The van der Waals surface area contributed by atoms with Gasteiger partial charge in [0.2, 0.25) is 5.91 Å². The van der Waals surface area contributed by atoms with Crippen molar-refractivity contribution in [2.75, 3.05) is 27.3 Å². The van der Waals surface area contributed by atoms with Crippen LogP contribution in [-0.2, 0) is 17.9 Å². The molecule has 1 heterocycles. The quantitative estimate of drug-likeness (QED) is 0.747. The Balaban J connectivity index is 1.63. The fourth-order valence-electron chi connectivity index (χ4n) is 2.99. The summed E-state index contributed by atoms with van der Waals surface area (Å²) in [6.07, 6.45) is 4.04. The van der Waals surface area contributed by atoms with E-state index in [-0.39, 0.29) is 5.91 Å². The first-order valence-corrected chi connectivity index (χ1v) is 9.67. The molecule has 1 aliphatic rings. The Morgan fingerprint density at radius 3 is 2.71 bits per heavy atom. The first-order chi connectivity index (χ1) is 13.5. The van der Waals surface area contributed by atoms with Gasteiger partial charge in [-0.3, -0.25) is 4.79 Å². The summed E-state index contributed by atoms with van der Waals surface area (Å²) in [5.74, 6) is 1.02. The van der Waals surface area contributed by atoms with Crippen LogP contribution in [0.4, 0.5) is 0 Å². The van der Waals surface area contributed by atoms with Crippen molar-refractivity contribution in [1.82, 2.24) is 10.2 Å². The third-order valence-electron chi connectivity index (χ3n) is 4.31. The Morgan fingerprint density at radius 1 is 1.18 bits per heavy atom. The van der Waals surface area contributed by atoms with Crippen LogP contribution in [0, 0.1) is 0 Å². The number of benzene rings is 2. The van der Waals surface area contributed by atoms with Gasteiger partial charge in [-0.15, -0.1) is 0 Å². The molecule has 0 radical (unpaired) electrons. The van der Waals surface area contributed by atoms with E-state index in [9.17, 15) is 4.79 Å². The SMILES string of the molecule is CN(C)Cc1ccccc1CNC(=O)/C=C/c1cc(Cl)c2c(c1)OCCCO2. The summed E-state index contributed by atoms with van der Waals surface area (Å²) in [6, 6.07) is 11.7. The average Bonchev–Trinajstić information content (AvgIpc) is 2.91. The highest BCUT2D eigenvalue weighted by Gasteiger charge is 2.15. The minimum atomic E-state index is -0.164. The van der Waals surface area contributed by atoms with Gasteiger partial charge in [-0.2, -0.15) is 0 Å². The lowest BCUT2D eigenvalue weighted by Crippen LogP contribution is -2.22. The molecule has 0 aromatic heterocycles. The van der Waals surface area contributed by atoms with Crippen LogP contribution in [0.25, 0.3) is 6.08 Å². The third kappa shape index (κ3) is 5.50. The second-order valence-electron chi connectivity index (χ2n) is 6.94. The molecule has 1 aliphatic heterocycles. The number of halogens is 1. The molecule has 0 fully saturated rings. The molecule has 2 aromatic carbocycles. The van der Waals surface area contributed by atoms with Gasteiger partial charge in [0.25, 0.3) is 0 Å². The van der Waals surface area contributed by atoms with E-state index >= 15 is 0 Å². The number of hydrogen-bond donors (Lipinski definition) is 1. The maximum atomic E-state index is 12.3. The molecule has 1 amide bonds. The lowest BCUT2D eigenvalue weighted by Gasteiger charge is -2.14. The maximum absolute atomic E-state index is 12.3. The number of carbonyl (C=O) groups is 1. The van der Waals surface area contributed by atoms with Gasteiger partial charge in [-0.1, -0.05) is 35.9 Å². The normalized spacial score (nSPS) is 13.6. The first-order valence-electron chi connectivity index (χ1n) is 9.29. The van der Waals surface area contributed by atoms with Crippen LogP contribution in [0.1, 0.15) is 23.1 Å². The molecule has 0 atom stereocenters. The van der Waals surface area contributed by atoms with Gasteiger partial charge >= 0.3 is 0 Å². The number of nitrogens with one attached hydrogen (secondary N) is 1. The molecule has 28 heavy (non-hydrogen) atoms. The number of fused-ring (bicyclic) bond motifs is 1. The van der Waals surface area contributed by atoms with E-state index in [4.69, 9.17) is 21.1 Å². The van der Waals surface area contributed by atoms with Crippen molar-refractivity contribution < 1.29 is 14.3 Å². The predicted molar refractivity (Wildman–Crippen MR) is 112 cm³/mol. The topological polar surface area (TPSA) is 50.8 Å². The lowest BCUT2D eigenvalue weighted by atomic mass is 10.1. The lowest BCUT2D eigenvalue weighted by molar-refractivity contribution is -0.116. The fraction of sp³-hybridized carbons (Fsp3) is 0.318. The van der Waals surface area contributed by atoms with E-state index in [1.807, 2.05) is 38.4 Å².